The van der Waals surface area contributed by atoms with Crippen LogP contribution in [0.4, 0.5) is 0 Å². The van der Waals surface area contributed by atoms with Gasteiger partial charge in [-0.15, -0.1) is 0 Å². The first-order valence-electron chi connectivity index (χ1n) is 1.55. The van der Waals surface area contributed by atoms with E-state index >= 15 is 0 Å². The van der Waals surface area contributed by atoms with E-state index < -0.39 is 20.8 Å². The second-order valence-corrected chi connectivity index (χ2v) is 2.79. The van der Waals surface area contributed by atoms with Gasteiger partial charge in [-0.1, -0.05) is 4.33 Å². The van der Waals surface area contributed by atoms with Crippen LogP contribution < -0.4 is 51.4 Å². The fourth-order valence-corrected chi connectivity index (χ4v) is 0. The van der Waals surface area contributed by atoms with Crippen LogP contribution in [0.1, 0.15) is 0 Å². The van der Waals surface area contributed by atoms with Crippen molar-refractivity contribution in [3.05, 3.63) is 0 Å². The molecular weight excluding hydrogens is 247 g/mol. The summed E-state index contributed by atoms with van der Waals surface area (Å²) in [6, 6.07) is 0. The summed E-state index contributed by atoms with van der Waals surface area (Å²) < 4.78 is 60.8. The molecule has 70 valence electrons. The summed E-state index contributed by atoms with van der Waals surface area (Å²) in [5.41, 5.74) is 0. The quantitative estimate of drug-likeness (QED) is 0.136. The molecule has 0 aliphatic heterocycles. The monoisotopic (exact) mass is 250 g/mol. The Kier molecular flexibility index (Phi) is 12.2. The third-order valence-electron chi connectivity index (χ3n) is 0.0942. The molecule has 0 atom stereocenters. The smallest absolute Gasteiger partial charge is 0.726 e. The fourth-order valence-electron chi connectivity index (χ4n) is 0. The Bertz CT molecular complexity index is 260. The summed E-state index contributed by atoms with van der Waals surface area (Å²) in [6.45, 7) is 0. The molecular formula is H3KO9S2. The van der Waals surface area contributed by atoms with Crippen LogP contribution in [0.2, 0.25) is 0 Å². The molecule has 0 amide bonds. The van der Waals surface area contributed by atoms with Crippen LogP contribution in [0.25, 0.3) is 0 Å². The number of hydrogen-bond donors (Lipinski definition) is 3. The van der Waals surface area contributed by atoms with Crippen LogP contribution in [-0.2, 0) is 25.1 Å². The van der Waals surface area contributed by atoms with E-state index in [9.17, 15) is 0 Å². The van der Waals surface area contributed by atoms with Gasteiger partial charge in [0.2, 0.25) is 10.4 Å². The topological polar surface area (TPSA) is 161 Å². The normalized spacial score (nSPS) is 10.7. The Morgan fingerprint density at radius 3 is 1.17 bits per heavy atom. The fraction of sp³-hybridized carbons (Fsp3) is 0. The molecule has 9 nitrogen and oxygen atoms in total. The summed E-state index contributed by atoms with van der Waals surface area (Å²) in [5, 5.41) is 7.06. The number of hydrogen-bond acceptors (Lipinski definition) is 7. The average Bonchev–Trinajstić information content (AvgIpc) is 1.59. The molecule has 0 fully saturated rings. The molecule has 0 radical (unpaired) electrons. The van der Waals surface area contributed by atoms with Gasteiger partial charge in [0.15, 0.2) is 0 Å². The number of rotatable bonds is 1. The minimum absolute atomic E-state index is 0. The maximum absolute atomic E-state index is 9.08. The van der Waals surface area contributed by atoms with Crippen LogP contribution in [-0.4, -0.2) is 35.8 Å². The van der Waals surface area contributed by atoms with Crippen molar-refractivity contribution in [2.45, 2.75) is 0 Å². The zero-order chi connectivity index (χ0) is 9.71. The van der Waals surface area contributed by atoms with Crippen molar-refractivity contribution in [3.63, 3.8) is 0 Å². The van der Waals surface area contributed by atoms with E-state index in [0.29, 0.717) is 0 Å². The summed E-state index contributed by atoms with van der Waals surface area (Å²) in [7, 11) is -9.52. The molecule has 0 unspecified atom stereocenters. The van der Waals surface area contributed by atoms with E-state index in [1.165, 1.54) is 0 Å². The van der Waals surface area contributed by atoms with Gasteiger partial charge in [-0.25, -0.2) is 13.7 Å². The van der Waals surface area contributed by atoms with E-state index in [-0.39, 0.29) is 51.4 Å². The maximum atomic E-state index is 9.08. The maximum Gasteiger partial charge on any atom is 1.00 e. The van der Waals surface area contributed by atoms with Gasteiger partial charge in [0.1, 0.15) is 0 Å². The van der Waals surface area contributed by atoms with Crippen molar-refractivity contribution in [2.75, 3.05) is 0 Å². The molecule has 12 heavy (non-hydrogen) atoms. The Morgan fingerprint density at radius 1 is 1.08 bits per heavy atom. The first-order chi connectivity index (χ1) is 4.56. The van der Waals surface area contributed by atoms with Crippen molar-refractivity contribution in [1.29, 1.82) is 0 Å². The van der Waals surface area contributed by atoms with Gasteiger partial charge >= 0.3 is 61.8 Å². The van der Waals surface area contributed by atoms with Gasteiger partial charge in [0.05, 0.1) is 0 Å². The molecule has 3 N–H and O–H groups in total. The van der Waals surface area contributed by atoms with Crippen molar-refractivity contribution in [2.24, 2.45) is 0 Å². The van der Waals surface area contributed by atoms with Crippen LogP contribution in [0.3, 0.4) is 0 Å². The largest absolute Gasteiger partial charge is 1.00 e. The summed E-state index contributed by atoms with van der Waals surface area (Å²) >= 11 is 0. The molecule has 0 saturated carbocycles. The summed E-state index contributed by atoms with van der Waals surface area (Å²) in [5.74, 6) is 0. The van der Waals surface area contributed by atoms with Crippen LogP contribution >= 0.6 is 0 Å². The molecule has 0 bridgehead atoms. The Balaban J connectivity index is -0.000000126. The predicted octanol–water partition coefficient (Wildman–Crippen LogP) is -4.71. The van der Waals surface area contributed by atoms with Gasteiger partial charge < -0.3 is 4.55 Å². The van der Waals surface area contributed by atoms with Crippen LogP contribution in [0, 0.1) is 0 Å². The van der Waals surface area contributed by atoms with Crippen molar-refractivity contribution in [3.8, 4) is 0 Å². The summed E-state index contributed by atoms with van der Waals surface area (Å²) in [4.78, 5) is 0. The van der Waals surface area contributed by atoms with Gasteiger partial charge in [0.25, 0.3) is 0 Å². The molecule has 0 aromatic rings. The van der Waals surface area contributed by atoms with Gasteiger partial charge in [-0.2, -0.15) is 8.42 Å². The third-order valence-corrected chi connectivity index (χ3v) is 0.283. The van der Waals surface area contributed by atoms with E-state index in [2.05, 4.69) is 4.33 Å². The zero-order valence-corrected chi connectivity index (χ0v) is 10.4. The second kappa shape index (κ2) is 7.71. The molecule has 0 aromatic carbocycles. The van der Waals surface area contributed by atoms with Gasteiger partial charge in [-0.05, 0) is 0 Å². The zero-order valence-electron chi connectivity index (χ0n) is 5.61. The Hall–Kier alpha value is 1.34. The molecule has 12 heteroatoms. The molecule has 0 aliphatic rings. The Morgan fingerprint density at radius 2 is 1.17 bits per heavy atom. The van der Waals surface area contributed by atoms with Crippen molar-refractivity contribution >= 4 is 20.8 Å². The molecule has 0 aromatic heterocycles. The van der Waals surface area contributed by atoms with E-state index in [1.54, 1.807) is 0 Å². The first kappa shape index (κ1) is 19.0. The van der Waals surface area contributed by atoms with E-state index in [1.807, 2.05) is 0 Å². The van der Waals surface area contributed by atoms with E-state index in [4.69, 9.17) is 35.8 Å². The Labute approximate surface area is 111 Å². The van der Waals surface area contributed by atoms with Gasteiger partial charge in [0, 0.05) is 0 Å². The average molecular weight is 250 g/mol. The minimum Gasteiger partial charge on any atom is -0.726 e. The van der Waals surface area contributed by atoms with Gasteiger partial charge in [-0.3, -0.25) is 9.11 Å². The molecule has 0 heterocycles. The first-order valence-corrected chi connectivity index (χ1v) is 4.28. The third kappa shape index (κ3) is 64.4. The molecule has 0 saturated heterocycles. The second-order valence-electron chi connectivity index (χ2n) is 0.930. The molecule has 0 spiro atoms. The van der Waals surface area contributed by atoms with Crippen LogP contribution in [0.15, 0.2) is 0 Å². The standard InChI is InChI=1S/K.H2O5S.H2O4S/c;1-5-6(2,3)4;1-5(2,3)4/h;1H,(H,2,3,4);(H2,1,2,3,4)/q+1;;/p-1. The van der Waals surface area contributed by atoms with Crippen molar-refractivity contribution in [1.82, 2.24) is 0 Å². The van der Waals surface area contributed by atoms with E-state index in [0.717, 1.165) is 0 Å². The molecule has 0 aliphatic carbocycles. The summed E-state index contributed by atoms with van der Waals surface area (Å²) in [6.07, 6.45) is 0. The molecule has 0 rings (SSSR count). The predicted molar refractivity (Wildman–Crippen MR) is 27.6 cm³/mol. The van der Waals surface area contributed by atoms with Crippen LogP contribution in [0.5, 0.6) is 0 Å². The minimum atomic E-state index is -4.92. The van der Waals surface area contributed by atoms with Crippen molar-refractivity contribution < 1.29 is 91.5 Å². The SMILES string of the molecule is O=S(=O)(O)OO.O=S(=O)([O-])O.[K+].